The maximum atomic E-state index is 12.4. The maximum Gasteiger partial charge on any atom is 0.196 e. The van der Waals surface area contributed by atoms with Crippen molar-refractivity contribution >= 4 is 28.2 Å². The highest BCUT2D eigenvalue weighted by atomic mass is 35.5. The second-order valence-corrected chi connectivity index (χ2v) is 4.49. The number of carbonyl (C=O) groups excluding carboxylic acids is 1. The molecule has 1 aromatic carbocycles. The number of ketones is 1. The third-order valence-corrected chi connectivity index (χ3v) is 3.13. The van der Waals surface area contributed by atoms with Crippen LogP contribution in [0.25, 0.3) is 10.8 Å². The molecule has 0 unspecified atom stereocenters. The number of nitrogens with zero attached hydrogens (tertiary/aromatic N) is 2. The molecule has 92 valence electrons. The fourth-order valence-corrected chi connectivity index (χ4v) is 2.07. The largest absolute Gasteiger partial charge is 0.288 e. The van der Waals surface area contributed by atoms with Gasteiger partial charge in [0.2, 0.25) is 0 Å². The van der Waals surface area contributed by atoms with E-state index in [0.29, 0.717) is 16.3 Å². The predicted molar refractivity (Wildman–Crippen MR) is 74.4 cm³/mol. The fourth-order valence-electron chi connectivity index (χ4n) is 1.96. The molecule has 0 aliphatic carbocycles. The quantitative estimate of drug-likeness (QED) is 0.528. The molecule has 2 aromatic heterocycles. The zero-order chi connectivity index (χ0) is 13.2. The Labute approximate surface area is 114 Å². The number of carbonyl (C=O) groups is 1. The van der Waals surface area contributed by atoms with Gasteiger partial charge in [-0.15, -0.1) is 0 Å². The number of benzene rings is 1. The van der Waals surface area contributed by atoms with Crippen molar-refractivity contribution in [3.8, 4) is 0 Å². The van der Waals surface area contributed by atoms with Crippen molar-refractivity contribution in [1.82, 2.24) is 9.97 Å². The molecule has 0 spiro atoms. The van der Waals surface area contributed by atoms with E-state index in [1.165, 1.54) is 6.20 Å². The van der Waals surface area contributed by atoms with Gasteiger partial charge in [0.1, 0.15) is 5.15 Å². The Hall–Kier alpha value is -2.26. The highest BCUT2D eigenvalue weighted by molar-refractivity contribution is 6.29. The second-order valence-electron chi connectivity index (χ2n) is 4.11. The molecule has 19 heavy (non-hydrogen) atoms. The number of pyridine rings is 2. The van der Waals surface area contributed by atoms with Gasteiger partial charge in [-0.25, -0.2) is 4.98 Å². The Balaban J connectivity index is 2.14. The monoisotopic (exact) mass is 268 g/mol. The fraction of sp³-hybridized carbons (Fsp3) is 0. The highest BCUT2D eigenvalue weighted by Crippen LogP contribution is 2.20. The average molecular weight is 269 g/mol. The molecular weight excluding hydrogens is 260 g/mol. The molecule has 0 saturated heterocycles. The first kappa shape index (κ1) is 11.8. The molecule has 0 aliphatic heterocycles. The molecule has 0 aliphatic rings. The molecule has 0 radical (unpaired) electrons. The molecular formula is C15H9ClN2O. The van der Waals surface area contributed by atoms with E-state index >= 15 is 0 Å². The molecule has 0 fully saturated rings. The SMILES string of the molecule is O=C(c1ccc(Cl)nc1)c1cncc2ccccc12. The van der Waals surface area contributed by atoms with Gasteiger partial charge in [-0.05, 0) is 17.5 Å². The number of halogens is 1. The van der Waals surface area contributed by atoms with Crippen LogP contribution in [-0.2, 0) is 0 Å². The minimum atomic E-state index is -0.103. The molecule has 0 saturated carbocycles. The topological polar surface area (TPSA) is 42.9 Å². The van der Waals surface area contributed by atoms with Gasteiger partial charge in [-0.3, -0.25) is 9.78 Å². The van der Waals surface area contributed by atoms with E-state index in [4.69, 9.17) is 11.6 Å². The van der Waals surface area contributed by atoms with Crippen molar-refractivity contribution in [3.05, 3.63) is 71.3 Å². The zero-order valence-electron chi connectivity index (χ0n) is 9.88. The average Bonchev–Trinajstić information content (AvgIpc) is 2.47. The molecule has 3 rings (SSSR count). The summed E-state index contributed by atoms with van der Waals surface area (Å²) < 4.78 is 0. The van der Waals surface area contributed by atoms with Crippen LogP contribution in [0.15, 0.2) is 55.0 Å². The molecule has 2 heterocycles. The number of hydrogen-bond acceptors (Lipinski definition) is 3. The Bertz CT molecular complexity index is 748. The van der Waals surface area contributed by atoms with Crippen molar-refractivity contribution in [2.75, 3.05) is 0 Å². The molecule has 0 amide bonds. The van der Waals surface area contributed by atoms with E-state index in [1.54, 1.807) is 24.5 Å². The first-order valence-corrected chi connectivity index (χ1v) is 6.12. The summed E-state index contributed by atoms with van der Waals surface area (Å²) in [7, 11) is 0. The Kier molecular flexibility index (Phi) is 2.97. The van der Waals surface area contributed by atoms with Crippen LogP contribution in [0, 0.1) is 0 Å². The van der Waals surface area contributed by atoms with Crippen LogP contribution in [0.5, 0.6) is 0 Å². The van der Waals surface area contributed by atoms with Crippen LogP contribution in [0.2, 0.25) is 5.15 Å². The minimum absolute atomic E-state index is 0.103. The Morgan fingerprint density at radius 2 is 1.84 bits per heavy atom. The molecule has 4 heteroatoms. The lowest BCUT2D eigenvalue weighted by Crippen LogP contribution is -2.03. The van der Waals surface area contributed by atoms with E-state index < -0.39 is 0 Å². The molecule has 0 atom stereocenters. The van der Waals surface area contributed by atoms with E-state index in [9.17, 15) is 4.79 Å². The van der Waals surface area contributed by atoms with Crippen LogP contribution >= 0.6 is 11.6 Å². The van der Waals surface area contributed by atoms with Crippen molar-refractivity contribution in [3.63, 3.8) is 0 Å². The summed E-state index contributed by atoms with van der Waals surface area (Å²) in [5.74, 6) is -0.103. The van der Waals surface area contributed by atoms with Crippen molar-refractivity contribution in [1.29, 1.82) is 0 Å². The number of fused-ring (bicyclic) bond motifs is 1. The lowest BCUT2D eigenvalue weighted by molar-refractivity contribution is 0.103. The summed E-state index contributed by atoms with van der Waals surface area (Å²) >= 11 is 5.72. The summed E-state index contributed by atoms with van der Waals surface area (Å²) in [4.78, 5) is 20.5. The van der Waals surface area contributed by atoms with Gasteiger partial charge in [0.05, 0.1) is 0 Å². The molecule has 3 aromatic rings. The van der Waals surface area contributed by atoms with Crippen LogP contribution < -0.4 is 0 Å². The van der Waals surface area contributed by atoms with Crippen molar-refractivity contribution in [2.24, 2.45) is 0 Å². The van der Waals surface area contributed by atoms with E-state index in [0.717, 1.165) is 10.8 Å². The van der Waals surface area contributed by atoms with Gasteiger partial charge in [0.15, 0.2) is 5.78 Å². The van der Waals surface area contributed by atoms with Gasteiger partial charge in [0, 0.05) is 35.1 Å². The second kappa shape index (κ2) is 4.78. The van der Waals surface area contributed by atoms with Gasteiger partial charge in [-0.2, -0.15) is 0 Å². The van der Waals surface area contributed by atoms with Gasteiger partial charge < -0.3 is 0 Å². The standard InChI is InChI=1S/C15H9ClN2O/c16-14-6-5-11(8-18-14)15(19)13-9-17-7-10-3-1-2-4-12(10)13/h1-9H. The summed E-state index contributed by atoms with van der Waals surface area (Å²) in [5.41, 5.74) is 1.07. The first-order valence-electron chi connectivity index (χ1n) is 5.75. The first-order chi connectivity index (χ1) is 9.25. The number of aromatic nitrogens is 2. The number of rotatable bonds is 2. The van der Waals surface area contributed by atoms with E-state index in [2.05, 4.69) is 9.97 Å². The van der Waals surface area contributed by atoms with Crippen molar-refractivity contribution < 1.29 is 4.79 Å². The van der Waals surface area contributed by atoms with Crippen LogP contribution in [0.3, 0.4) is 0 Å². The molecule has 0 bridgehead atoms. The normalized spacial score (nSPS) is 10.6. The van der Waals surface area contributed by atoms with E-state index in [-0.39, 0.29) is 5.78 Å². The lowest BCUT2D eigenvalue weighted by atomic mass is 10.0. The summed E-state index contributed by atoms with van der Waals surface area (Å²) in [6.45, 7) is 0. The van der Waals surface area contributed by atoms with Gasteiger partial charge >= 0.3 is 0 Å². The molecule has 3 nitrogen and oxygen atoms in total. The van der Waals surface area contributed by atoms with E-state index in [1.807, 2.05) is 24.3 Å². The van der Waals surface area contributed by atoms with Gasteiger partial charge in [-0.1, -0.05) is 35.9 Å². The maximum absolute atomic E-state index is 12.4. The van der Waals surface area contributed by atoms with Crippen LogP contribution in [-0.4, -0.2) is 15.8 Å². The van der Waals surface area contributed by atoms with Crippen LogP contribution in [0.1, 0.15) is 15.9 Å². The zero-order valence-corrected chi connectivity index (χ0v) is 10.6. The summed E-state index contributed by atoms with van der Waals surface area (Å²) in [6, 6.07) is 10.9. The molecule has 0 N–H and O–H groups in total. The minimum Gasteiger partial charge on any atom is -0.288 e. The predicted octanol–water partition coefficient (Wildman–Crippen LogP) is 3.51. The van der Waals surface area contributed by atoms with Crippen molar-refractivity contribution in [2.45, 2.75) is 0 Å². The Morgan fingerprint density at radius 1 is 1.00 bits per heavy atom. The lowest BCUT2D eigenvalue weighted by Gasteiger charge is -2.05. The number of hydrogen-bond donors (Lipinski definition) is 0. The third kappa shape index (κ3) is 2.20. The smallest absolute Gasteiger partial charge is 0.196 e. The highest BCUT2D eigenvalue weighted by Gasteiger charge is 2.13. The Morgan fingerprint density at radius 3 is 2.63 bits per heavy atom. The van der Waals surface area contributed by atoms with Gasteiger partial charge in [0.25, 0.3) is 0 Å². The summed E-state index contributed by atoms with van der Waals surface area (Å²) in [6.07, 6.45) is 4.80. The van der Waals surface area contributed by atoms with Crippen LogP contribution in [0.4, 0.5) is 0 Å². The third-order valence-electron chi connectivity index (χ3n) is 2.90. The summed E-state index contributed by atoms with van der Waals surface area (Å²) in [5, 5.41) is 2.19.